The molecule has 0 aromatic heterocycles. The highest BCUT2D eigenvalue weighted by Crippen LogP contribution is 2.16. The van der Waals surface area contributed by atoms with Gasteiger partial charge in [-0.05, 0) is 37.0 Å². The van der Waals surface area contributed by atoms with Gasteiger partial charge in [-0.15, -0.1) is 0 Å². The Labute approximate surface area is 220 Å². The van der Waals surface area contributed by atoms with Crippen LogP contribution in [0.3, 0.4) is 0 Å². The SMILES string of the molecule is CCCCCCCCCCCCCCCCOCCOc1ccc(CCCCCCCCC)cc1. The molecule has 2 nitrogen and oxygen atoms in total. The second kappa shape index (κ2) is 26.1. The van der Waals surface area contributed by atoms with Crippen molar-refractivity contribution in [2.45, 2.75) is 155 Å². The lowest BCUT2D eigenvalue weighted by Crippen LogP contribution is -2.07. The molecule has 0 bridgehead atoms. The zero-order valence-electron chi connectivity index (χ0n) is 23.8. The molecule has 0 saturated heterocycles. The lowest BCUT2D eigenvalue weighted by atomic mass is 10.0. The fourth-order valence-electron chi connectivity index (χ4n) is 4.76. The van der Waals surface area contributed by atoms with Gasteiger partial charge in [-0.1, -0.05) is 148 Å². The topological polar surface area (TPSA) is 18.5 Å². The number of rotatable bonds is 27. The summed E-state index contributed by atoms with van der Waals surface area (Å²) >= 11 is 0. The first-order valence-electron chi connectivity index (χ1n) is 15.7. The fraction of sp³-hybridized carbons (Fsp3) is 0.818. The van der Waals surface area contributed by atoms with Crippen LogP contribution in [-0.4, -0.2) is 19.8 Å². The fourth-order valence-corrected chi connectivity index (χ4v) is 4.76. The molecule has 0 aliphatic heterocycles. The lowest BCUT2D eigenvalue weighted by molar-refractivity contribution is 0.0970. The Morgan fingerprint density at radius 1 is 0.429 bits per heavy atom. The van der Waals surface area contributed by atoms with Crippen LogP contribution in [0.2, 0.25) is 0 Å². The van der Waals surface area contributed by atoms with Crippen LogP contribution in [-0.2, 0) is 11.2 Å². The van der Waals surface area contributed by atoms with E-state index in [1.165, 1.54) is 147 Å². The summed E-state index contributed by atoms with van der Waals surface area (Å²) in [6, 6.07) is 8.68. The number of hydrogen-bond donors (Lipinski definition) is 0. The molecule has 0 spiro atoms. The third-order valence-electron chi connectivity index (χ3n) is 7.13. The van der Waals surface area contributed by atoms with Gasteiger partial charge in [0.25, 0.3) is 0 Å². The van der Waals surface area contributed by atoms with E-state index in [1.54, 1.807) is 0 Å². The summed E-state index contributed by atoms with van der Waals surface area (Å²) in [4.78, 5) is 0. The maximum atomic E-state index is 5.84. The van der Waals surface area contributed by atoms with Gasteiger partial charge in [0.15, 0.2) is 0 Å². The Morgan fingerprint density at radius 2 is 0.857 bits per heavy atom. The second-order valence-corrected chi connectivity index (χ2v) is 10.6. The van der Waals surface area contributed by atoms with E-state index in [4.69, 9.17) is 9.47 Å². The van der Waals surface area contributed by atoms with Crippen molar-refractivity contribution < 1.29 is 9.47 Å². The Bertz CT molecular complexity index is 524. The van der Waals surface area contributed by atoms with Crippen molar-refractivity contribution >= 4 is 0 Å². The summed E-state index contributed by atoms with van der Waals surface area (Å²) in [6.45, 7) is 6.79. The normalized spacial score (nSPS) is 11.3. The molecule has 0 saturated carbocycles. The molecule has 0 atom stereocenters. The number of benzene rings is 1. The molecule has 1 aromatic carbocycles. The number of unbranched alkanes of at least 4 members (excludes halogenated alkanes) is 19. The zero-order chi connectivity index (χ0) is 25.1. The molecule has 0 aliphatic carbocycles. The molecule has 0 heterocycles. The Kier molecular flexibility index (Phi) is 23.8. The van der Waals surface area contributed by atoms with Crippen molar-refractivity contribution in [3.63, 3.8) is 0 Å². The number of aryl methyl sites for hydroxylation is 1. The highest BCUT2D eigenvalue weighted by atomic mass is 16.5. The third-order valence-corrected chi connectivity index (χ3v) is 7.13. The highest BCUT2D eigenvalue weighted by molar-refractivity contribution is 5.27. The van der Waals surface area contributed by atoms with E-state index >= 15 is 0 Å². The minimum atomic E-state index is 0.649. The van der Waals surface area contributed by atoms with E-state index in [9.17, 15) is 0 Å². The summed E-state index contributed by atoms with van der Waals surface area (Å²) in [5.74, 6) is 0.966. The van der Waals surface area contributed by atoms with E-state index in [0.717, 1.165) is 12.4 Å². The van der Waals surface area contributed by atoms with Crippen LogP contribution in [0.4, 0.5) is 0 Å². The largest absolute Gasteiger partial charge is 0.491 e. The summed E-state index contributed by atoms with van der Waals surface area (Å²) in [7, 11) is 0. The van der Waals surface area contributed by atoms with Crippen LogP contribution in [0.25, 0.3) is 0 Å². The molecule has 0 aliphatic rings. The second-order valence-electron chi connectivity index (χ2n) is 10.6. The van der Waals surface area contributed by atoms with Gasteiger partial charge in [-0.2, -0.15) is 0 Å². The highest BCUT2D eigenvalue weighted by Gasteiger charge is 1.98. The van der Waals surface area contributed by atoms with Crippen molar-refractivity contribution in [1.82, 2.24) is 0 Å². The van der Waals surface area contributed by atoms with Crippen molar-refractivity contribution in [3.05, 3.63) is 29.8 Å². The van der Waals surface area contributed by atoms with Gasteiger partial charge in [0.05, 0.1) is 6.61 Å². The molecule has 2 heteroatoms. The van der Waals surface area contributed by atoms with Crippen molar-refractivity contribution in [1.29, 1.82) is 0 Å². The van der Waals surface area contributed by atoms with Crippen molar-refractivity contribution in [2.75, 3.05) is 19.8 Å². The first-order chi connectivity index (χ1) is 17.4. The average molecular weight is 489 g/mol. The Hall–Kier alpha value is -1.02. The molecule has 0 N–H and O–H groups in total. The monoisotopic (exact) mass is 488 g/mol. The number of ether oxygens (including phenoxy) is 2. The first kappa shape index (κ1) is 32.0. The maximum absolute atomic E-state index is 5.84. The molecule has 0 amide bonds. The quantitative estimate of drug-likeness (QED) is 0.115. The van der Waals surface area contributed by atoms with E-state index in [1.807, 2.05) is 0 Å². The molecule has 204 valence electrons. The van der Waals surface area contributed by atoms with Gasteiger partial charge in [-0.3, -0.25) is 0 Å². The minimum Gasteiger partial charge on any atom is -0.491 e. The van der Waals surface area contributed by atoms with Crippen LogP contribution in [0.15, 0.2) is 24.3 Å². The summed E-state index contributed by atoms with van der Waals surface area (Å²) < 4.78 is 11.6. The number of hydrogen-bond acceptors (Lipinski definition) is 2. The molecule has 1 rings (SSSR count). The zero-order valence-corrected chi connectivity index (χ0v) is 23.8. The molecule has 1 aromatic rings. The van der Waals surface area contributed by atoms with Crippen LogP contribution < -0.4 is 4.74 Å². The predicted octanol–water partition coefficient (Wildman–Crippen LogP) is 10.9. The van der Waals surface area contributed by atoms with Crippen LogP contribution >= 0.6 is 0 Å². The standard InChI is InChI=1S/C33H60O2/c1-3-5-7-9-11-12-13-14-15-16-17-19-21-23-29-34-30-31-35-33-27-25-32(26-28-33)24-22-20-18-10-8-6-4-2/h25-28H,3-24,29-31H2,1-2H3. The van der Waals surface area contributed by atoms with Crippen LogP contribution in [0.1, 0.15) is 154 Å². The van der Waals surface area contributed by atoms with Gasteiger partial charge >= 0.3 is 0 Å². The van der Waals surface area contributed by atoms with Crippen LogP contribution in [0.5, 0.6) is 5.75 Å². The van der Waals surface area contributed by atoms with Crippen molar-refractivity contribution in [2.24, 2.45) is 0 Å². The van der Waals surface area contributed by atoms with Gasteiger partial charge < -0.3 is 9.47 Å². The molecule has 0 unspecified atom stereocenters. The van der Waals surface area contributed by atoms with Gasteiger partial charge in [0.1, 0.15) is 12.4 Å². The van der Waals surface area contributed by atoms with E-state index in [-0.39, 0.29) is 0 Å². The van der Waals surface area contributed by atoms with Gasteiger partial charge in [0, 0.05) is 6.61 Å². The molecule has 0 radical (unpaired) electrons. The summed E-state index contributed by atoms with van der Waals surface area (Å²) in [5.41, 5.74) is 1.43. The lowest BCUT2D eigenvalue weighted by Gasteiger charge is -2.08. The van der Waals surface area contributed by atoms with Crippen molar-refractivity contribution in [3.8, 4) is 5.75 Å². The van der Waals surface area contributed by atoms with Gasteiger partial charge in [-0.25, -0.2) is 0 Å². The Balaban J connectivity index is 1.81. The molecular weight excluding hydrogens is 428 g/mol. The molecule has 35 heavy (non-hydrogen) atoms. The smallest absolute Gasteiger partial charge is 0.119 e. The summed E-state index contributed by atoms with van der Waals surface area (Å²) in [5, 5.41) is 0. The third kappa shape index (κ3) is 21.9. The summed E-state index contributed by atoms with van der Waals surface area (Å²) in [6.07, 6.45) is 30.4. The van der Waals surface area contributed by atoms with E-state index in [0.29, 0.717) is 13.2 Å². The predicted molar refractivity (Wildman–Crippen MR) is 155 cm³/mol. The van der Waals surface area contributed by atoms with E-state index in [2.05, 4.69) is 38.1 Å². The minimum absolute atomic E-state index is 0.649. The van der Waals surface area contributed by atoms with Crippen LogP contribution in [0, 0.1) is 0 Å². The van der Waals surface area contributed by atoms with Gasteiger partial charge in [0.2, 0.25) is 0 Å². The van der Waals surface area contributed by atoms with E-state index < -0.39 is 0 Å². The average Bonchev–Trinajstić information content (AvgIpc) is 2.88. The Morgan fingerprint density at radius 3 is 1.34 bits per heavy atom. The first-order valence-corrected chi connectivity index (χ1v) is 15.7. The maximum Gasteiger partial charge on any atom is 0.119 e. The molecular formula is C33H60O2. The molecule has 0 fully saturated rings.